The highest BCUT2D eigenvalue weighted by atomic mass is 35.5. The van der Waals surface area contributed by atoms with E-state index in [4.69, 9.17) is 16.3 Å². The molecule has 1 aromatic carbocycles. The number of benzene rings is 1. The number of halogens is 2. The molecular weight excluding hydrogens is 371 g/mol. The van der Waals surface area contributed by atoms with Crippen molar-refractivity contribution < 1.29 is 13.9 Å². The Kier molecular flexibility index (Phi) is 4.53. The van der Waals surface area contributed by atoms with Crippen LogP contribution in [0.25, 0.3) is 0 Å². The molecule has 1 aliphatic rings. The van der Waals surface area contributed by atoms with Gasteiger partial charge in [-0.15, -0.1) is 0 Å². The molecule has 27 heavy (non-hydrogen) atoms. The minimum absolute atomic E-state index is 0.00521. The van der Waals surface area contributed by atoms with Gasteiger partial charge in [-0.05, 0) is 37.3 Å². The number of carbonyl (C=O) groups excluding carboxylic acids is 1. The van der Waals surface area contributed by atoms with Crippen LogP contribution in [-0.2, 0) is 6.61 Å². The summed E-state index contributed by atoms with van der Waals surface area (Å²) in [6.07, 6.45) is 1.09. The minimum atomic E-state index is -0.430. The third-order valence-electron chi connectivity index (χ3n) is 4.30. The number of aromatic nitrogens is 3. The van der Waals surface area contributed by atoms with E-state index in [2.05, 4.69) is 10.1 Å². The fourth-order valence-electron chi connectivity index (χ4n) is 3.04. The van der Waals surface area contributed by atoms with E-state index in [0.717, 1.165) is 11.9 Å². The predicted molar refractivity (Wildman–Crippen MR) is 98.6 cm³/mol. The highest BCUT2D eigenvalue weighted by Crippen LogP contribution is 2.28. The first kappa shape index (κ1) is 17.5. The lowest BCUT2D eigenvalue weighted by Crippen LogP contribution is -2.42. The van der Waals surface area contributed by atoms with Gasteiger partial charge in [0.2, 0.25) is 5.88 Å². The van der Waals surface area contributed by atoms with Gasteiger partial charge in [0.25, 0.3) is 5.91 Å². The van der Waals surface area contributed by atoms with Crippen molar-refractivity contribution in [2.24, 2.45) is 0 Å². The summed E-state index contributed by atoms with van der Waals surface area (Å²) in [5, 5.41) is 5.05. The Labute approximate surface area is 160 Å². The molecule has 1 amide bonds. The first-order chi connectivity index (χ1) is 13.0. The molecule has 0 aliphatic carbocycles. The Hall–Kier alpha value is -2.93. The Bertz CT molecular complexity index is 990. The Morgan fingerprint density at radius 2 is 2.15 bits per heavy atom. The number of anilines is 1. The molecule has 3 aromatic rings. The molecule has 138 valence electrons. The maximum Gasteiger partial charge on any atom is 0.276 e. The van der Waals surface area contributed by atoms with Crippen LogP contribution in [0.1, 0.15) is 29.1 Å². The lowest BCUT2D eigenvalue weighted by molar-refractivity contribution is 0.0953. The summed E-state index contributed by atoms with van der Waals surface area (Å²) in [6, 6.07) is 11.6. The second-order valence-corrected chi connectivity index (χ2v) is 6.75. The van der Waals surface area contributed by atoms with Gasteiger partial charge in [0.15, 0.2) is 0 Å². The fraction of sp³-hybridized carbons (Fsp3) is 0.211. The first-order valence-corrected chi connectivity index (χ1v) is 8.79. The number of rotatable bonds is 4. The molecule has 0 bridgehead atoms. The van der Waals surface area contributed by atoms with Gasteiger partial charge in [-0.3, -0.25) is 9.48 Å². The molecule has 8 heteroatoms. The molecule has 0 unspecified atom stereocenters. The molecule has 0 N–H and O–H groups in total. The van der Waals surface area contributed by atoms with Gasteiger partial charge in [-0.25, -0.2) is 9.37 Å². The van der Waals surface area contributed by atoms with E-state index in [9.17, 15) is 9.18 Å². The SMILES string of the molecule is C[C@@H]1CN(c2cccc(Cl)c2)C(=O)c2cc(COc3ccc(F)cn3)nn21. The number of pyridine rings is 1. The maximum absolute atomic E-state index is 12.9. The van der Waals surface area contributed by atoms with Crippen LogP contribution < -0.4 is 9.64 Å². The van der Waals surface area contributed by atoms with Gasteiger partial charge in [0, 0.05) is 23.3 Å². The number of hydrogen-bond donors (Lipinski definition) is 0. The van der Waals surface area contributed by atoms with Gasteiger partial charge < -0.3 is 9.64 Å². The Balaban J connectivity index is 1.55. The standard InChI is InChI=1S/C19H16ClFN4O2/c1-12-10-24(16-4-2-3-13(20)7-16)19(26)17-8-15(23-25(12)17)11-27-18-6-5-14(21)9-22-18/h2-9,12H,10-11H2,1H3/t12-/m1/s1. The molecule has 2 aromatic heterocycles. The van der Waals surface area contributed by atoms with Gasteiger partial charge in [-0.2, -0.15) is 5.10 Å². The van der Waals surface area contributed by atoms with E-state index in [0.29, 0.717) is 28.8 Å². The highest BCUT2D eigenvalue weighted by Gasteiger charge is 2.31. The molecule has 0 saturated heterocycles. The highest BCUT2D eigenvalue weighted by molar-refractivity contribution is 6.31. The molecule has 0 spiro atoms. The molecular formula is C19H16ClFN4O2. The van der Waals surface area contributed by atoms with E-state index in [-0.39, 0.29) is 18.6 Å². The zero-order valence-electron chi connectivity index (χ0n) is 14.5. The van der Waals surface area contributed by atoms with Crippen LogP contribution >= 0.6 is 11.6 Å². The summed E-state index contributed by atoms with van der Waals surface area (Å²) in [5.74, 6) is -0.281. The van der Waals surface area contributed by atoms with Crippen molar-refractivity contribution in [2.45, 2.75) is 19.6 Å². The molecule has 0 fully saturated rings. The third kappa shape index (κ3) is 3.50. The van der Waals surface area contributed by atoms with Crippen LogP contribution in [-0.4, -0.2) is 27.2 Å². The average molecular weight is 387 g/mol. The molecule has 0 saturated carbocycles. The second kappa shape index (κ2) is 7.00. The van der Waals surface area contributed by atoms with E-state index < -0.39 is 5.82 Å². The van der Waals surface area contributed by atoms with Crippen molar-refractivity contribution in [3.8, 4) is 5.88 Å². The number of carbonyl (C=O) groups is 1. The quantitative estimate of drug-likeness (QED) is 0.683. The second-order valence-electron chi connectivity index (χ2n) is 6.31. The number of amides is 1. The summed E-state index contributed by atoms with van der Waals surface area (Å²) in [7, 11) is 0. The molecule has 0 radical (unpaired) electrons. The average Bonchev–Trinajstić information content (AvgIpc) is 3.09. The lowest BCUT2D eigenvalue weighted by Gasteiger charge is -2.31. The zero-order chi connectivity index (χ0) is 19.0. The van der Waals surface area contributed by atoms with Crippen LogP contribution in [0.4, 0.5) is 10.1 Å². The van der Waals surface area contributed by atoms with Gasteiger partial charge in [-0.1, -0.05) is 17.7 Å². The largest absolute Gasteiger partial charge is 0.471 e. The molecule has 1 aliphatic heterocycles. The van der Waals surface area contributed by atoms with Crippen LogP contribution in [0.3, 0.4) is 0 Å². The first-order valence-electron chi connectivity index (χ1n) is 8.41. The summed E-state index contributed by atoms with van der Waals surface area (Å²) < 4.78 is 20.1. The van der Waals surface area contributed by atoms with Crippen LogP contribution in [0.15, 0.2) is 48.7 Å². The van der Waals surface area contributed by atoms with Gasteiger partial charge in [0.05, 0.1) is 12.2 Å². The summed E-state index contributed by atoms with van der Waals surface area (Å²) in [4.78, 5) is 18.5. The number of nitrogens with zero attached hydrogens (tertiary/aromatic N) is 4. The lowest BCUT2D eigenvalue weighted by atomic mass is 10.1. The smallest absolute Gasteiger partial charge is 0.276 e. The topological polar surface area (TPSA) is 60.3 Å². The van der Waals surface area contributed by atoms with Crippen molar-refractivity contribution in [3.63, 3.8) is 0 Å². The van der Waals surface area contributed by atoms with Crippen molar-refractivity contribution in [2.75, 3.05) is 11.4 Å². The summed E-state index contributed by atoms with van der Waals surface area (Å²) in [5.41, 5.74) is 1.84. The monoisotopic (exact) mass is 386 g/mol. The maximum atomic E-state index is 12.9. The van der Waals surface area contributed by atoms with E-state index >= 15 is 0 Å². The molecule has 4 rings (SSSR count). The Morgan fingerprint density at radius 3 is 2.89 bits per heavy atom. The number of hydrogen-bond acceptors (Lipinski definition) is 4. The predicted octanol–water partition coefficient (Wildman–Crippen LogP) is 3.87. The molecule has 3 heterocycles. The van der Waals surface area contributed by atoms with Gasteiger partial charge in [0.1, 0.15) is 23.8 Å². The van der Waals surface area contributed by atoms with Crippen LogP contribution in [0, 0.1) is 5.82 Å². The van der Waals surface area contributed by atoms with Crippen LogP contribution in [0.5, 0.6) is 5.88 Å². The van der Waals surface area contributed by atoms with E-state index in [1.54, 1.807) is 27.8 Å². The normalized spacial score (nSPS) is 16.3. The van der Waals surface area contributed by atoms with Gasteiger partial charge >= 0.3 is 0 Å². The van der Waals surface area contributed by atoms with Crippen molar-refractivity contribution >= 4 is 23.2 Å². The van der Waals surface area contributed by atoms with E-state index in [1.165, 1.54) is 12.1 Å². The Morgan fingerprint density at radius 1 is 1.30 bits per heavy atom. The zero-order valence-corrected chi connectivity index (χ0v) is 15.2. The van der Waals surface area contributed by atoms with Crippen LogP contribution in [0.2, 0.25) is 5.02 Å². The summed E-state index contributed by atoms with van der Waals surface area (Å²) in [6.45, 7) is 2.62. The van der Waals surface area contributed by atoms with Crippen molar-refractivity contribution in [3.05, 3.63) is 70.9 Å². The van der Waals surface area contributed by atoms with E-state index in [1.807, 2.05) is 19.1 Å². The fourth-order valence-corrected chi connectivity index (χ4v) is 3.22. The molecule has 6 nitrogen and oxygen atoms in total. The minimum Gasteiger partial charge on any atom is -0.471 e. The number of fused-ring (bicyclic) bond motifs is 1. The van der Waals surface area contributed by atoms with Crippen molar-refractivity contribution in [1.29, 1.82) is 0 Å². The third-order valence-corrected chi connectivity index (χ3v) is 4.54. The number of ether oxygens (including phenoxy) is 1. The summed E-state index contributed by atoms with van der Waals surface area (Å²) >= 11 is 6.06. The van der Waals surface area contributed by atoms with Crippen molar-refractivity contribution in [1.82, 2.24) is 14.8 Å². The molecule has 1 atom stereocenters.